The van der Waals surface area contributed by atoms with Crippen molar-refractivity contribution in [3.05, 3.63) is 29.8 Å². The molecule has 1 aliphatic rings. The highest BCUT2D eigenvalue weighted by Crippen LogP contribution is 2.30. The Balaban J connectivity index is 2.05. The van der Waals surface area contributed by atoms with E-state index in [0.29, 0.717) is 24.1 Å². The molecule has 1 aromatic carbocycles. The molecule has 1 saturated carbocycles. The normalized spacial score (nSPS) is 21.6. The quantitative estimate of drug-likeness (QED) is 0.848. The zero-order valence-electron chi connectivity index (χ0n) is 11.9. The van der Waals surface area contributed by atoms with Crippen molar-refractivity contribution in [2.45, 2.75) is 32.6 Å². The highest BCUT2D eigenvalue weighted by atomic mass is 16.4. The molecule has 1 aromatic rings. The maximum absolute atomic E-state index is 12.2. The van der Waals surface area contributed by atoms with Gasteiger partial charge in [0.2, 0.25) is 5.91 Å². The van der Waals surface area contributed by atoms with Gasteiger partial charge in [0, 0.05) is 29.1 Å². The predicted octanol–water partition coefficient (Wildman–Crippen LogP) is 1.38. The molecule has 0 bridgehead atoms. The summed E-state index contributed by atoms with van der Waals surface area (Å²) in [7, 11) is 0. The fourth-order valence-corrected chi connectivity index (χ4v) is 2.75. The molecular weight excluding hydrogens is 270 g/mol. The van der Waals surface area contributed by atoms with Gasteiger partial charge in [-0.15, -0.1) is 0 Å². The van der Waals surface area contributed by atoms with Crippen LogP contribution in [0, 0.1) is 11.8 Å². The van der Waals surface area contributed by atoms with Crippen molar-refractivity contribution in [3.8, 4) is 0 Å². The molecule has 5 nitrogen and oxygen atoms in total. The second-order valence-corrected chi connectivity index (χ2v) is 5.44. The van der Waals surface area contributed by atoms with Crippen LogP contribution in [0.25, 0.3) is 0 Å². The number of hydrogen-bond donors (Lipinski definition) is 1. The van der Waals surface area contributed by atoms with Crippen LogP contribution in [0.2, 0.25) is 0 Å². The summed E-state index contributed by atoms with van der Waals surface area (Å²) in [6.07, 6.45) is 2.72. The maximum Gasteiger partial charge on any atom is 0.228 e. The Bertz CT molecular complexity index is 550. The average molecular weight is 288 g/mol. The van der Waals surface area contributed by atoms with Gasteiger partial charge in [0.05, 0.1) is 0 Å². The number of ketones is 1. The third-order valence-electron chi connectivity index (χ3n) is 3.96. The SMILES string of the molecule is CC(=O)c1ccc(NC(=O)[C@@H]2CCCC[C@H]2C(=O)[O-])cc1. The molecule has 0 aromatic heterocycles. The molecule has 21 heavy (non-hydrogen) atoms. The fourth-order valence-electron chi connectivity index (χ4n) is 2.75. The van der Waals surface area contributed by atoms with Gasteiger partial charge in [0.15, 0.2) is 5.78 Å². The van der Waals surface area contributed by atoms with Crippen LogP contribution in [0.3, 0.4) is 0 Å². The number of carbonyl (C=O) groups is 3. The number of nitrogens with one attached hydrogen (secondary N) is 1. The molecule has 1 amide bonds. The Morgan fingerprint density at radius 1 is 1.05 bits per heavy atom. The lowest BCUT2D eigenvalue weighted by atomic mass is 9.78. The molecule has 0 spiro atoms. The minimum atomic E-state index is -1.15. The van der Waals surface area contributed by atoms with Gasteiger partial charge < -0.3 is 15.2 Å². The van der Waals surface area contributed by atoms with Crippen LogP contribution in [-0.4, -0.2) is 17.7 Å². The van der Waals surface area contributed by atoms with Crippen molar-refractivity contribution in [2.75, 3.05) is 5.32 Å². The van der Waals surface area contributed by atoms with Crippen molar-refractivity contribution >= 4 is 23.3 Å². The second-order valence-electron chi connectivity index (χ2n) is 5.44. The number of carboxylic acids is 1. The molecule has 5 heteroatoms. The lowest BCUT2D eigenvalue weighted by Crippen LogP contribution is -2.42. The molecule has 0 heterocycles. The van der Waals surface area contributed by atoms with Gasteiger partial charge in [-0.05, 0) is 44.0 Å². The number of hydrogen-bond acceptors (Lipinski definition) is 4. The van der Waals surface area contributed by atoms with Gasteiger partial charge in [-0.2, -0.15) is 0 Å². The van der Waals surface area contributed by atoms with Crippen LogP contribution < -0.4 is 10.4 Å². The average Bonchev–Trinajstić information content (AvgIpc) is 2.47. The Morgan fingerprint density at radius 2 is 1.62 bits per heavy atom. The first kappa shape index (κ1) is 15.2. The molecular formula is C16H18NO4-. The van der Waals surface area contributed by atoms with E-state index in [9.17, 15) is 19.5 Å². The first-order chi connectivity index (χ1) is 9.99. The third-order valence-corrected chi connectivity index (χ3v) is 3.96. The summed E-state index contributed by atoms with van der Waals surface area (Å²) in [5.74, 6) is -2.75. The lowest BCUT2D eigenvalue weighted by Gasteiger charge is -2.31. The summed E-state index contributed by atoms with van der Waals surface area (Å²) in [6, 6.07) is 6.56. The number of Topliss-reactive ketones (excluding diaryl/α,β-unsaturated/α-hetero) is 1. The van der Waals surface area contributed by atoms with Crippen molar-refractivity contribution in [3.63, 3.8) is 0 Å². The smallest absolute Gasteiger partial charge is 0.228 e. The highest BCUT2D eigenvalue weighted by Gasteiger charge is 2.31. The molecule has 1 N–H and O–H groups in total. The summed E-state index contributed by atoms with van der Waals surface area (Å²) in [5, 5.41) is 13.8. The zero-order chi connectivity index (χ0) is 15.4. The van der Waals surface area contributed by atoms with Gasteiger partial charge in [-0.25, -0.2) is 0 Å². The Kier molecular flexibility index (Phi) is 4.73. The molecule has 1 fully saturated rings. The standard InChI is InChI=1S/C16H19NO4/c1-10(18)11-6-8-12(9-7-11)17-15(19)13-4-2-3-5-14(13)16(20)21/h6-9,13-14H,2-5H2,1H3,(H,17,19)(H,20,21)/p-1/t13-,14-/m1/s1. The summed E-state index contributed by atoms with van der Waals surface area (Å²) in [6.45, 7) is 1.47. The summed E-state index contributed by atoms with van der Waals surface area (Å²) in [4.78, 5) is 34.5. The van der Waals surface area contributed by atoms with Crippen LogP contribution >= 0.6 is 0 Å². The highest BCUT2D eigenvalue weighted by molar-refractivity contribution is 5.97. The van der Waals surface area contributed by atoms with Gasteiger partial charge in [0.25, 0.3) is 0 Å². The van der Waals surface area contributed by atoms with Crippen molar-refractivity contribution in [1.82, 2.24) is 0 Å². The van der Waals surface area contributed by atoms with Gasteiger partial charge in [0.1, 0.15) is 0 Å². The van der Waals surface area contributed by atoms with Crippen LogP contribution in [-0.2, 0) is 9.59 Å². The zero-order valence-corrected chi connectivity index (χ0v) is 11.9. The first-order valence-electron chi connectivity index (χ1n) is 7.12. The van der Waals surface area contributed by atoms with Gasteiger partial charge in [-0.3, -0.25) is 9.59 Å². The van der Waals surface area contributed by atoms with E-state index >= 15 is 0 Å². The van der Waals surface area contributed by atoms with E-state index in [1.165, 1.54) is 6.92 Å². The lowest BCUT2D eigenvalue weighted by molar-refractivity contribution is -0.313. The molecule has 1 aliphatic carbocycles. The minimum Gasteiger partial charge on any atom is -0.550 e. The number of aliphatic carboxylic acids is 1. The maximum atomic E-state index is 12.2. The molecule has 2 atom stereocenters. The first-order valence-corrected chi connectivity index (χ1v) is 7.12. The fraction of sp³-hybridized carbons (Fsp3) is 0.438. The van der Waals surface area contributed by atoms with Crippen LogP contribution in [0.15, 0.2) is 24.3 Å². The van der Waals surface area contributed by atoms with Crippen LogP contribution in [0.1, 0.15) is 43.0 Å². The topological polar surface area (TPSA) is 86.3 Å². The number of carbonyl (C=O) groups excluding carboxylic acids is 3. The van der Waals surface area contributed by atoms with Crippen LogP contribution in [0.4, 0.5) is 5.69 Å². The number of benzene rings is 1. The van der Waals surface area contributed by atoms with E-state index in [0.717, 1.165) is 12.8 Å². The van der Waals surface area contributed by atoms with E-state index in [4.69, 9.17) is 0 Å². The molecule has 0 saturated heterocycles. The summed E-state index contributed by atoms with van der Waals surface area (Å²) in [5.41, 5.74) is 1.13. The number of amides is 1. The Hall–Kier alpha value is -2.17. The van der Waals surface area contributed by atoms with E-state index in [1.54, 1.807) is 24.3 Å². The van der Waals surface area contributed by atoms with Crippen molar-refractivity contribution in [2.24, 2.45) is 11.8 Å². The molecule has 0 radical (unpaired) electrons. The van der Waals surface area contributed by atoms with Crippen molar-refractivity contribution in [1.29, 1.82) is 0 Å². The summed E-state index contributed by atoms with van der Waals surface area (Å²) >= 11 is 0. The van der Waals surface area contributed by atoms with Gasteiger partial charge >= 0.3 is 0 Å². The predicted molar refractivity (Wildman–Crippen MR) is 75.5 cm³/mol. The van der Waals surface area contributed by atoms with E-state index in [-0.39, 0.29) is 11.7 Å². The Labute approximate surface area is 123 Å². The minimum absolute atomic E-state index is 0.0443. The molecule has 0 aliphatic heterocycles. The number of anilines is 1. The second kappa shape index (κ2) is 6.52. The molecule has 112 valence electrons. The summed E-state index contributed by atoms with van der Waals surface area (Å²) < 4.78 is 0. The number of carboxylic acid groups (broad SMARTS) is 1. The van der Waals surface area contributed by atoms with E-state index in [2.05, 4.69) is 5.32 Å². The molecule has 2 rings (SSSR count). The van der Waals surface area contributed by atoms with E-state index in [1.807, 2.05) is 0 Å². The Morgan fingerprint density at radius 3 is 2.14 bits per heavy atom. The largest absolute Gasteiger partial charge is 0.550 e. The molecule has 0 unspecified atom stereocenters. The van der Waals surface area contributed by atoms with E-state index < -0.39 is 17.8 Å². The van der Waals surface area contributed by atoms with Gasteiger partial charge in [-0.1, -0.05) is 12.8 Å². The monoisotopic (exact) mass is 288 g/mol. The van der Waals surface area contributed by atoms with Crippen molar-refractivity contribution < 1.29 is 19.5 Å². The van der Waals surface area contributed by atoms with Crippen LogP contribution in [0.5, 0.6) is 0 Å². The number of rotatable bonds is 4. The third kappa shape index (κ3) is 3.68.